The second kappa shape index (κ2) is 5.74. The first-order chi connectivity index (χ1) is 8.95. The minimum Gasteiger partial charge on any atom is -0.481 e. The minimum absolute atomic E-state index is 0.0478. The first kappa shape index (κ1) is 14.1. The molecule has 1 aromatic rings. The molecular formula is C14H19NO3S. The van der Waals surface area contributed by atoms with Gasteiger partial charge in [-0.25, -0.2) is 0 Å². The Labute approximate surface area is 116 Å². The summed E-state index contributed by atoms with van der Waals surface area (Å²) >= 11 is 1.55. The lowest BCUT2D eigenvalue weighted by molar-refractivity contribution is -0.137. The zero-order chi connectivity index (χ0) is 14.0. The molecule has 0 fully saturated rings. The van der Waals surface area contributed by atoms with E-state index in [9.17, 15) is 9.59 Å². The monoisotopic (exact) mass is 281 g/mol. The second-order valence-electron chi connectivity index (χ2n) is 5.38. The first-order valence-electron chi connectivity index (χ1n) is 6.60. The van der Waals surface area contributed by atoms with Crippen LogP contribution in [0.2, 0.25) is 0 Å². The van der Waals surface area contributed by atoms with Gasteiger partial charge in [0.05, 0.1) is 11.3 Å². The van der Waals surface area contributed by atoms with Crippen LogP contribution in [0.1, 0.15) is 46.8 Å². The van der Waals surface area contributed by atoms with E-state index in [1.165, 1.54) is 16.9 Å². The third-order valence-electron chi connectivity index (χ3n) is 3.41. The number of carboxylic acid groups (broad SMARTS) is 1. The molecule has 0 saturated heterocycles. The quantitative estimate of drug-likeness (QED) is 0.891. The number of hydrogen-bond acceptors (Lipinski definition) is 3. The Bertz CT molecular complexity index is 495. The van der Waals surface area contributed by atoms with Crippen LogP contribution >= 0.6 is 11.3 Å². The van der Waals surface area contributed by atoms with E-state index >= 15 is 0 Å². The third-order valence-corrected chi connectivity index (χ3v) is 4.65. The highest BCUT2D eigenvalue weighted by Gasteiger charge is 2.21. The van der Waals surface area contributed by atoms with Crippen LogP contribution in [-0.4, -0.2) is 23.0 Å². The van der Waals surface area contributed by atoms with Crippen molar-refractivity contribution in [2.45, 2.75) is 45.6 Å². The fourth-order valence-corrected chi connectivity index (χ4v) is 3.54. The van der Waals surface area contributed by atoms with Crippen LogP contribution in [-0.2, 0) is 17.6 Å². The molecule has 2 unspecified atom stereocenters. The second-order valence-corrected chi connectivity index (χ2v) is 6.52. The lowest BCUT2D eigenvalue weighted by Crippen LogP contribution is -2.33. The summed E-state index contributed by atoms with van der Waals surface area (Å²) in [7, 11) is 0. The van der Waals surface area contributed by atoms with Crippen LogP contribution in [0.4, 0.5) is 0 Å². The molecular weight excluding hydrogens is 262 g/mol. The van der Waals surface area contributed by atoms with Crippen molar-refractivity contribution in [3.8, 4) is 0 Å². The van der Waals surface area contributed by atoms with Gasteiger partial charge in [0, 0.05) is 10.9 Å². The van der Waals surface area contributed by atoms with E-state index in [0.29, 0.717) is 10.8 Å². The number of rotatable bonds is 4. The summed E-state index contributed by atoms with van der Waals surface area (Å²) in [6, 6.07) is 1.63. The maximum absolute atomic E-state index is 12.0. The van der Waals surface area contributed by atoms with Gasteiger partial charge in [0.15, 0.2) is 0 Å². The molecule has 0 aromatic carbocycles. The Morgan fingerprint density at radius 1 is 1.58 bits per heavy atom. The highest BCUT2D eigenvalue weighted by atomic mass is 32.1. The number of carbonyl (C=O) groups excluding carboxylic acids is 1. The maximum Gasteiger partial charge on any atom is 0.305 e. The fourth-order valence-electron chi connectivity index (χ4n) is 2.43. The van der Waals surface area contributed by atoms with Crippen molar-refractivity contribution < 1.29 is 14.7 Å². The summed E-state index contributed by atoms with van der Waals surface area (Å²) in [5, 5.41) is 11.4. The van der Waals surface area contributed by atoms with Gasteiger partial charge in [0.1, 0.15) is 0 Å². The van der Waals surface area contributed by atoms with E-state index in [4.69, 9.17) is 5.11 Å². The molecule has 0 spiro atoms. The van der Waals surface area contributed by atoms with Crippen molar-refractivity contribution in [3.05, 3.63) is 21.4 Å². The van der Waals surface area contributed by atoms with Crippen molar-refractivity contribution in [1.82, 2.24) is 5.32 Å². The van der Waals surface area contributed by atoms with E-state index in [-0.39, 0.29) is 18.4 Å². The normalized spacial score (nSPS) is 19.6. The van der Waals surface area contributed by atoms with Crippen LogP contribution in [0, 0.1) is 5.92 Å². The molecule has 4 nitrogen and oxygen atoms in total. The van der Waals surface area contributed by atoms with Crippen molar-refractivity contribution >= 4 is 23.2 Å². The number of thiophene rings is 1. The van der Waals surface area contributed by atoms with E-state index in [1.54, 1.807) is 18.3 Å². The molecule has 0 bridgehead atoms. The van der Waals surface area contributed by atoms with Gasteiger partial charge in [0.25, 0.3) is 5.91 Å². The predicted octanol–water partition coefficient (Wildman–Crippen LogP) is 2.47. The standard InChI is InChI=1S/C14H19NO3S/c1-8-3-4-11-10(5-8)7-12(19-11)14(18)15-9(2)6-13(16)17/h7-9H,3-6H2,1-2H3,(H,15,18)(H,16,17). The lowest BCUT2D eigenvalue weighted by atomic mass is 9.90. The Morgan fingerprint density at radius 2 is 2.32 bits per heavy atom. The molecule has 1 heterocycles. The average Bonchev–Trinajstić information content (AvgIpc) is 2.70. The minimum atomic E-state index is -0.896. The number of aryl methyl sites for hydroxylation is 1. The average molecular weight is 281 g/mol. The fraction of sp³-hybridized carbons (Fsp3) is 0.571. The SMILES string of the molecule is CC1CCc2sc(C(=O)NC(C)CC(=O)O)cc2C1. The van der Waals surface area contributed by atoms with Crippen molar-refractivity contribution in [1.29, 1.82) is 0 Å². The van der Waals surface area contributed by atoms with Gasteiger partial charge >= 0.3 is 5.97 Å². The molecule has 5 heteroatoms. The van der Waals surface area contributed by atoms with Crippen LogP contribution in [0.3, 0.4) is 0 Å². The summed E-state index contributed by atoms with van der Waals surface area (Å²) in [5.41, 5.74) is 1.29. The van der Waals surface area contributed by atoms with Gasteiger partial charge in [0.2, 0.25) is 0 Å². The number of fused-ring (bicyclic) bond motifs is 1. The van der Waals surface area contributed by atoms with Gasteiger partial charge in [-0.3, -0.25) is 9.59 Å². The number of carboxylic acids is 1. The molecule has 19 heavy (non-hydrogen) atoms. The Hall–Kier alpha value is -1.36. The summed E-state index contributed by atoms with van der Waals surface area (Å²) in [6.07, 6.45) is 3.24. The molecule has 2 atom stereocenters. The highest BCUT2D eigenvalue weighted by molar-refractivity contribution is 7.14. The molecule has 104 valence electrons. The van der Waals surface area contributed by atoms with Crippen molar-refractivity contribution in [3.63, 3.8) is 0 Å². The Kier molecular flexibility index (Phi) is 4.24. The zero-order valence-corrected chi connectivity index (χ0v) is 12.0. The topological polar surface area (TPSA) is 66.4 Å². The zero-order valence-electron chi connectivity index (χ0n) is 11.2. The molecule has 0 aliphatic heterocycles. The third kappa shape index (κ3) is 3.56. The molecule has 1 aromatic heterocycles. The number of carbonyl (C=O) groups is 2. The molecule has 2 rings (SSSR count). The van der Waals surface area contributed by atoms with Gasteiger partial charge in [-0.05, 0) is 43.7 Å². The summed E-state index contributed by atoms with van der Waals surface area (Å²) in [4.78, 5) is 24.6. The highest BCUT2D eigenvalue weighted by Crippen LogP contribution is 2.32. The number of hydrogen-bond donors (Lipinski definition) is 2. The van der Waals surface area contributed by atoms with E-state index in [2.05, 4.69) is 12.2 Å². The Morgan fingerprint density at radius 3 is 3.00 bits per heavy atom. The van der Waals surface area contributed by atoms with E-state index in [1.807, 2.05) is 6.07 Å². The van der Waals surface area contributed by atoms with Gasteiger partial charge in [-0.1, -0.05) is 6.92 Å². The van der Waals surface area contributed by atoms with E-state index < -0.39 is 5.97 Å². The Balaban J connectivity index is 2.02. The number of nitrogens with one attached hydrogen (secondary N) is 1. The predicted molar refractivity (Wildman–Crippen MR) is 74.7 cm³/mol. The molecule has 1 aliphatic carbocycles. The van der Waals surface area contributed by atoms with Crippen LogP contribution < -0.4 is 5.32 Å². The van der Waals surface area contributed by atoms with Gasteiger partial charge < -0.3 is 10.4 Å². The van der Waals surface area contributed by atoms with E-state index in [0.717, 1.165) is 12.8 Å². The maximum atomic E-state index is 12.0. The largest absolute Gasteiger partial charge is 0.481 e. The molecule has 0 radical (unpaired) electrons. The smallest absolute Gasteiger partial charge is 0.305 e. The van der Waals surface area contributed by atoms with Gasteiger partial charge in [-0.2, -0.15) is 0 Å². The number of aliphatic carboxylic acids is 1. The van der Waals surface area contributed by atoms with Crippen molar-refractivity contribution in [2.75, 3.05) is 0 Å². The van der Waals surface area contributed by atoms with Crippen LogP contribution in [0.5, 0.6) is 0 Å². The molecule has 1 aliphatic rings. The lowest BCUT2D eigenvalue weighted by Gasteiger charge is -2.16. The van der Waals surface area contributed by atoms with Crippen LogP contribution in [0.25, 0.3) is 0 Å². The van der Waals surface area contributed by atoms with Crippen LogP contribution in [0.15, 0.2) is 6.07 Å². The number of amides is 1. The summed E-state index contributed by atoms with van der Waals surface area (Å²) < 4.78 is 0. The van der Waals surface area contributed by atoms with Gasteiger partial charge in [-0.15, -0.1) is 11.3 Å². The first-order valence-corrected chi connectivity index (χ1v) is 7.41. The molecule has 0 saturated carbocycles. The van der Waals surface area contributed by atoms with Crippen molar-refractivity contribution in [2.24, 2.45) is 5.92 Å². The summed E-state index contributed by atoms with van der Waals surface area (Å²) in [5.74, 6) is -0.364. The molecule has 2 N–H and O–H groups in total. The molecule has 1 amide bonds. The summed E-state index contributed by atoms with van der Waals surface area (Å²) in [6.45, 7) is 3.94.